The van der Waals surface area contributed by atoms with Crippen molar-refractivity contribution in [2.24, 2.45) is 11.3 Å². The van der Waals surface area contributed by atoms with Gasteiger partial charge in [0.25, 0.3) is 0 Å². The van der Waals surface area contributed by atoms with E-state index in [-0.39, 0.29) is 11.8 Å². The number of amides is 1. The molecule has 0 aliphatic carbocycles. The molecule has 0 unspecified atom stereocenters. The van der Waals surface area contributed by atoms with Crippen LogP contribution >= 0.6 is 0 Å². The minimum atomic E-state index is -0.827. The summed E-state index contributed by atoms with van der Waals surface area (Å²) in [6, 6.07) is 7.82. The summed E-state index contributed by atoms with van der Waals surface area (Å²) in [6.07, 6.45) is 2.48. The molecule has 0 spiro atoms. The van der Waals surface area contributed by atoms with Gasteiger partial charge in [-0.05, 0) is 37.0 Å². The number of nitrogens with zero attached hydrogens (tertiary/aromatic N) is 1. The summed E-state index contributed by atoms with van der Waals surface area (Å²) in [6.45, 7) is 4.43. The summed E-state index contributed by atoms with van der Waals surface area (Å²) in [5, 5.41) is 9.69. The summed E-state index contributed by atoms with van der Waals surface area (Å²) < 4.78 is 11.0. The van der Waals surface area contributed by atoms with E-state index in [0.717, 1.165) is 17.7 Å². The van der Waals surface area contributed by atoms with Crippen molar-refractivity contribution < 1.29 is 24.2 Å². The third-order valence-electron chi connectivity index (χ3n) is 5.51. The van der Waals surface area contributed by atoms with E-state index in [9.17, 15) is 14.7 Å². The van der Waals surface area contributed by atoms with Crippen LogP contribution in [0.1, 0.15) is 31.7 Å². The maximum atomic E-state index is 12.6. The third kappa shape index (κ3) is 3.85. The summed E-state index contributed by atoms with van der Waals surface area (Å²) >= 11 is 0. The number of hydrogen-bond donors (Lipinski definition) is 1. The fourth-order valence-corrected chi connectivity index (χ4v) is 3.87. The second-order valence-electron chi connectivity index (χ2n) is 7.25. The largest absolute Gasteiger partial charge is 0.494 e. The van der Waals surface area contributed by atoms with Crippen LogP contribution in [0, 0.1) is 11.3 Å². The van der Waals surface area contributed by atoms with E-state index in [4.69, 9.17) is 9.47 Å². The van der Waals surface area contributed by atoms with Crippen LogP contribution in [-0.2, 0) is 20.7 Å². The highest BCUT2D eigenvalue weighted by atomic mass is 16.5. The van der Waals surface area contributed by atoms with Gasteiger partial charge in [0.05, 0.1) is 18.6 Å². The first-order chi connectivity index (χ1) is 12.5. The number of likely N-dealkylation sites (tertiary alicyclic amines) is 1. The first-order valence-electron chi connectivity index (χ1n) is 9.36. The molecule has 0 bridgehead atoms. The zero-order valence-corrected chi connectivity index (χ0v) is 15.3. The topological polar surface area (TPSA) is 76.1 Å². The Morgan fingerprint density at radius 3 is 2.77 bits per heavy atom. The highest BCUT2D eigenvalue weighted by Gasteiger charge is 2.54. The van der Waals surface area contributed by atoms with Gasteiger partial charge in [-0.1, -0.05) is 19.1 Å². The number of aliphatic carboxylic acids is 1. The molecule has 1 aromatic carbocycles. The van der Waals surface area contributed by atoms with Gasteiger partial charge in [-0.3, -0.25) is 9.59 Å². The number of carbonyl (C=O) groups is 2. The Labute approximate surface area is 154 Å². The van der Waals surface area contributed by atoms with E-state index in [0.29, 0.717) is 52.2 Å². The Balaban J connectivity index is 1.55. The number of carboxylic acids is 1. The molecule has 0 saturated carbocycles. The maximum Gasteiger partial charge on any atom is 0.311 e. The van der Waals surface area contributed by atoms with Gasteiger partial charge in [-0.25, -0.2) is 0 Å². The van der Waals surface area contributed by atoms with Gasteiger partial charge in [0, 0.05) is 32.0 Å². The number of carbonyl (C=O) groups excluding carboxylic acids is 1. The Morgan fingerprint density at radius 1 is 1.35 bits per heavy atom. The van der Waals surface area contributed by atoms with Gasteiger partial charge >= 0.3 is 5.97 Å². The summed E-state index contributed by atoms with van der Waals surface area (Å²) in [5.41, 5.74) is 0.252. The Kier molecular flexibility index (Phi) is 5.81. The Morgan fingerprint density at radius 2 is 2.12 bits per heavy atom. The lowest BCUT2D eigenvalue weighted by atomic mass is 9.74. The molecular formula is C20H27NO5. The summed E-state index contributed by atoms with van der Waals surface area (Å²) in [5.74, 6) is -0.0447. The zero-order valence-electron chi connectivity index (χ0n) is 15.3. The molecule has 2 fully saturated rings. The van der Waals surface area contributed by atoms with Gasteiger partial charge in [0.1, 0.15) is 5.75 Å². The van der Waals surface area contributed by atoms with Gasteiger partial charge in [-0.15, -0.1) is 0 Å². The molecule has 142 valence electrons. The molecule has 3 rings (SSSR count). The zero-order chi connectivity index (χ0) is 18.6. The van der Waals surface area contributed by atoms with E-state index in [1.54, 1.807) is 4.90 Å². The number of hydrogen-bond acceptors (Lipinski definition) is 4. The molecule has 0 radical (unpaired) electrons. The molecule has 1 amide bonds. The minimum Gasteiger partial charge on any atom is -0.494 e. The molecule has 0 aromatic heterocycles. The van der Waals surface area contributed by atoms with Gasteiger partial charge in [0.2, 0.25) is 5.91 Å². The minimum absolute atomic E-state index is 0.0198. The fraction of sp³-hybridized carbons (Fsp3) is 0.600. The molecule has 2 heterocycles. The average molecular weight is 361 g/mol. The second-order valence-corrected chi connectivity index (χ2v) is 7.25. The lowest BCUT2D eigenvalue weighted by Gasteiger charge is -2.33. The summed E-state index contributed by atoms with van der Waals surface area (Å²) in [7, 11) is 0. The number of aryl methyl sites for hydroxylation is 1. The number of ether oxygens (including phenoxy) is 2. The molecule has 26 heavy (non-hydrogen) atoms. The molecule has 2 aliphatic rings. The van der Waals surface area contributed by atoms with Gasteiger partial charge < -0.3 is 19.5 Å². The van der Waals surface area contributed by atoms with Crippen molar-refractivity contribution in [3.63, 3.8) is 0 Å². The second kappa shape index (κ2) is 8.08. The molecule has 1 N–H and O–H groups in total. The van der Waals surface area contributed by atoms with Crippen LogP contribution in [0.25, 0.3) is 0 Å². The average Bonchev–Trinajstić information content (AvgIpc) is 3.06. The number of benzene rings is 1. The Bertz CT molecular complexity index is 644. The molecule has 2 saturated heterocycles. The smallest absolute Gasteiger partial charge is 0.311 e. The van der Waals surface area contributed by atoms with E-state index in [1.165, 1.54) is 0 Å². The molecule has 2 aliphatic heterocycles. The Hall–Kier alpha value is -2.08. The number of carboxylic acid groups (broad SMARTS) is 1. The SMILES string of the molecule is CCCOc1ccc(CCC(=O)N2C[C@H]3COCC[C@@]3(C(=O)O)C2)cc1. The van der Waals surface area contributed by atoms with E-state index >= 15 is 0 Å². The van der Waals surface area contributed by atoms with Gasteiger partial charge in [-0.2, -0.15) is 0 Å². The quantitative estimate of drug-likeness (QED) is 0.807. The monoisotopic (exact) mass is 361 g/mol. The first-order valence-corrected chi connectivity index (χ1v) is 9.36. The lowest BCUT2D eigenvalue weighted by molar-refractivity contribution is -0.157. The van der Waals surface area contributed by atoms with E-state index in [1.807, 2.05) is 24.3 Å². The van der Waals surface area contributed by atoms with Crippen LogP contribution in [0.3, 0.4) is 0 Å². The van der Waals surface area contributed by atoms with Crippen molar-refractivity contribution in [1.29, 1.82) is 0 Å². The van der Waals surface area contributed by atoms with Crippen LogP contribution in [0.2, 0.25) is 0 Å². The number of fused-ring (bicyclic) bond motifs is 1. The fourth-order valence-electron chi connectivity index (χ4n) is 3.87. The van der Waals surface area contributed by atoms with Crippen molar-refractivity contribution in [1.82, 2.24) is 4.90 Å². The molecule has 2 atom stereocenters. The highest BCUT2D eigenvalue weighted by Crippen LogP contribution is 2.42. The predicted molar refractivity (Wildman–Crippen MR) is 96.1 cm³/mol. The molecule has 1 aromatic rings. The highest BCUT2D eigenvalue weighted by molar-refractivity contribution is 5.81. The predicted octanol–water partition coefficient (Wildman–Crippen LogP) is 2.36. The maximum absolute atomic E-state index is 12.6. The van der Waals surface area contributed by atoms with Crippen LogP contribution < -0.4 is 4.74 Å². The van der Waals surface area contributed by atoms with Crippen molar-refractivity contribution in [2.45, 2.75) is 32.6 Å². The number of rotatable bonds is 7. The van der Waals surface area contributed by atoms with Crippen LogP contribution in [0.15, 0.2) is 24.3 Å². The standard InChI is InChI=1S/C20H27NO5/c1-2-10-26-17-6-3-15(4-7-17)5-8-18(22)21-12-16-13-25-11-9-20(16,14-21)19(23)24/h3-4,6-7,16H,2,5,8-14H2,1H3,(H,23,24)/t16-,20+/m0/s1. The van der Waals surface area contributed by atoms with Crippen LogP contribution in [0.5, 0.6) is 5.75 Å². The van der Waals surface area contributed by atoms with E-state index in [2.05, 4.69) is 6.92 Å². The van der Waals surface area contributed by atoms with Crippen LogP contribution in [-0.4, -0.2) is 54.8 Å². The lowest BCUT2D eigenvalue weighted by Crippen LogP contribution is -2.45. The normalized spacial score (nSPS) is 25.0. The molecular weight excluding hydrogens is 334 g/mol. The van der Waals surface area contributed by atoms with Crippen molar-refractivity contribution >= 4 is 11.9 Å². The van der Waals surface area contributed by atoms with Gasteiger partial charge in [0.15, 0.2) is 0 Å². The van der Waals surface area contributed by atoms with Crippen LogP contribution in [0.4, 0.5) is 0 Å². The molecule has 6 nitrogen and oxygen atoms in total. The first kappa shape index (κ1) is 18.7. The van der Waals surface area contributed by atoms with Crippen molar-refractivity contribution in [3.05, 3.63) is 29.8 Å². The van der Waals surface area contributed by atoms with Crippen molar-refractivity contribution in [3.8, 4) is 5.75 Å². The summed E-state index contributed by atoms with van der Waals surface area (Å²) in [4.78, 5) is 26.1. The van der Waals surface area contributed by atoms with E-state index < -0.39 is 11.4 Å². The van der Waals surface area contributed by atoms with Crippen molar-refractivity contribution in [2.75, 3.05) is 32.9 Å². The third-order valence-corrected chi connectivity index (χ3v) is 5.51. The molecule has 6 heteroatoms.